The Labute approximate surface area is 101 Å². The highest BCUT2D eigenvalue weighted by molar-refractivity contribution is 4.73. The number of nitrogens with zero attached hydrogens (tertiary/aromatic N) is 2. The molecule has 1 atom stereocenters. The van der Waals surface area contributed by atoms with Gasteiger partial charge in [0.2, 0.25) is 0 Å². The van der Waals surface area contributed by atoms with E-state index in [1.165, 1.54) is 58.3 Å². The van der Waals surface area contributed by atoms with Crippen LogP contribution in [0.4, 0.5) is 0 Å². The van der Waals surface area contributed by atoms with E-state index in [-0.39, 0.29) is 0 Å². The van der Waals surface area contributed by atoms with Crippen LogP contribution in [0.3, 0.4) is 0 Å². The summed E-state index contributed by atoms with van der Waals surface area (Å²) in [5.41, 5.74) is 0. The monoisotopic (exact) mass is 227 g/mol. The number of nitrogens with one attached hydrogen (secondary N) is 1. The summed E-state index contributed by atoms with van der Waals surface area (Å²) < 4.78 is 0. The van der Waals surface area contributed by atoms with Crippen molar-refractivity contribution in [3.63, 3.8) is 0 Å². The van der Waals surface area contributed by atoms with Gasteiger partial charge in [-0.05, 0) is 73.0 Å². The minimum absolute atomic E-state index is 0.782. The van der Waals surface area contributed by atoms with Crippen molar-refractivity contribution in [1.29, 1.82) is 0 Å². The second kappa shape index (κ2) is 8.04. The van der Waals surface area contributed by atoms with Gasteiger partial charge in [-0.3, -0.25) is 0 Å². The molecule has 0 aromatic heterocycles. The Bertz CT molecular complexity index is 165. The molecule has 0 bridgehead atoms. The molecule has 3 nitrogen and oxygen atoms in total. The molecule has 1 rings (SSSR count). The van der Waals surface area contributed by atoms with E-state index in [1.54, 1.807) is 0 Å². The van der Waals surface area contributed by atoms with E-state index in [0.29, 0.717) is 0 Å². The molecule has 1 saturated heterocycles. The maximum atomic E-state index is 3.61. The zero-order valence-corrected chi connectivity index (χ0v) is 11.3. The van der Waals surface area contributed by atoms with Gasteiger partial charge >= 0.3 is 0 Å². The summed E-state index contributed by atoms with van der Waals surface area (Å²) in [6.07, 6.45) is 6.77. The molecule has 1 aliphatic rings. The van der Waals surface area contributed by atoms with Gasteiger partial charge in [-0.15, -0.1) is 0 Å². The van der Waals surface area contributed by atoms with Crippen LogP contribution in [0.25, 0.3) is 0 Å². The van der Waals surface area contributed by atoms with Crippen LogP contribution >= 0.6 is 0 Å². The molecule has 0 amide bonds. The normalized spacial score (nSPS) is 21.9. The van der Waals surface area contributed by atoms with Crippen molar-refractivity contribution in [2.45, 2.75) is 38.1 Å². The average molecular weight is 227 g/mol. The van der Waals surface area contributed by atoms with E-state index < -0.39 is 0 Å². The molecule has 1 aliphatic heterocycles. The Morgan fingerprint density at radius 1 is 1.06 bits per heavy atom. The Balaban J connectivity index is 1.98. The first-order chi connectivity index (χ1) is 7.68. The third kappa shape index (κ3) is 6.46. The fraction of sp³-hybridized carbons (Fsp3) is 1.00. The molecule has 0 aromatic carbocycles. The lowest BCUT2D eigenvalue weighted by Crippen LogP contribution is -2.37. The molecule has 0 saturated carbocycles. The lowest BCUT2D eigenvalue weighted by Gasteiger charge is -2.26. The van der Waals surface area contributed by atoms with Gasteiger partial charge in [0.25, 0.3) is 0 Å². The van der Waals surface area contributed by atoms with Gasteiger partial charge in [0.05, 0.1) is 0 Å². The summed E-state index contributed by atoms with van der Waals surface area (Å²) in [5.74, 6) is 0. The maximum Gasteiger partial charge on any atom is 0.00792 e. The quantitative estimate of drug-likeness (QED) is 0.709. The Morgan fingerprint density at radius 2 is 1.88 bits per heavy atom. The van der Waals surface area contributed by atoms with Crippen LogP contribution in [-0.2, 0) is 0 Å². The smallest absolute Gasteiger partial charge is 0.00792 e. The number of rotatable bonds is 7. The van der Waals surface area contributed by atoms with Gasteiger partial charge in [-0.2, -0.15) is 0 Å². The molecule has 3 heteroatoms. The highest BCUT2D eigenvalue weighted by Crippen LogP contribution is 2.10. The second-order valence-electron chi connectivity index (χ2n) is 5.40. The highest BCUT2D eigenvalue weighted by Gasteiger charge is 2.12. The van der Waals surface area contributed by atoms with Gasteiger partial charge < -0.3 is 15.1 Å². The molecule has 96 valence electrons. The van der Waals surface area contributed by atoms with E-state index in [2.05, 4.69) is 36.3 Å². The largest absolute Gasteiger partial charge is 0.314 e. The number of hydrogen-bond acceptors (Lipinski definition) is 3. The number of hydrogen-bond donors (Lipinski definition) is 1. The van der Waals surface area contributed by atoms with Crippen molar-refractivity contribution >= 4 is 0 Å². The molecule has 0 spiro atoms. The van der Waals surface area contributed by atoms with Crippen molar-refractivity contribution in [1.82, 2.24) is 15.1 Å². The average Bonchev–Trinajstić information content (AvgIpc) is 2.27. The van der Waals surface area contributed by atoms with Crippen LogP contribution in [-0.4, -0.2) is 63.2 Å². The van der Waals surface area contributed by atoms with E-state index in [4.69, 9.17) is 0 Å². The lowest BCUT2D eigenvalue weighted by molar-refractivity contribution is 0.271. The van der Waals surface area contributed by atoms with Gasteiger partial charge in [0.1, 0.15) is 0 Å². The van der Waals surface area contributed by atoms with Gasteiger partial charge in [0.15, 0.2) is 0 Å². The number of piperidine rings is 1. The molecule has 0 aromatic rings. The molecular formula is C13H29N3. The van der Waals surface area contributed by atoms with E-state index in [1.807, 2.05) is 0 Å². The van der Waals surface area contributed by atoms with E-state index in [0.717, 1.165) is 6.04 Å². The van der Waals surface area contributed by atoms with Crippen molar-refractivity contribution < 1.29 is 0 Å². The van der Waals surface area contributed by atoms with Gasteiger partial charge in [-0.1, -0.05) is 6.42 Å². The molecule has 1 heterocycles. The molecule has 0 aliphatic carbocycles. The predicted molar refractivity (Wildman–Crippen MR) is 70.9 cm³/mol. The summed E-state index contributed by atoms with van der Waals surface area (Å²) in [6, 6.07) is 0.782. The van der Waals surface area contributed by atoms with Crippen LogP contribution in [0.2, 0.25) is 0 Å². The SMILES string of the molecule is CN(C)CCCN(C)CCC1CCCCN1. The highest BCUT2D eigenvalue weighted by atomic mass is 15.1. The molecule has 1 fully saturated rings. The molecule has 16 heavy (non-hydrogen) atoms. The van der Waals surface area contributed by atoms with Crippen molar-refractivity contribution in [2.75, 3.05) is 47.3 Å². The minimum Gasteiger partial charge on any atom is -0.314 e. The summed E-state index contributed by atoms with van der Waals surface area (Å²) in [7, 11) is 6.54. The fourth-order valence-corrected chi connectivity index (χ4v) is 2.32. The van der Waals surface area contributed by atoms with Gasteiger partial charge in [-0.25, -0.2) is 0 Å². The van der Waals surface area contributed by atoms with Crippen LogP contribution in [0.5, 0.6) is 0 Å². The lowest BCUT2D eigenvalue weighted by atomic mass is 10.0. The van der Waals surface area contributed by atoms with Gasteiger partial charge in [0, 0.05) is 6.04 Å². The van der Waals surface area contributed by atoms with Crippen LogP contribution < -0.4 is 5.32 Å². The Hall–Kier alpha value is -0.120. The first kappa shape index (κ1) is 13.9. The first-order valence-electron chi connectivity index (χ1n) is 6.75. The van der Waals surface area contributed by atoms with Crippen LogP contribution in [0, 0.1) is 0 Å². The third-order valence-corrected chi connectivity index (χ3v) is 3.42. The fourth-order valence-electron chi connectivity index (χ4n) is 2.32. The second-order valence-corrected chi connectivity index (χ2v) is 5.40. The molecular weight excluding hydrogens is 198 g/mol. The van der Waals surface area contributed by atoms with E-state index >= 15 is 0 Å². The summed E-state index contributed by atoms with van der Waals surface area (Å²) >= 11 is 0. The zero-order chi connectivity index (χ0) is 11.8. The summed E-state index contributed by atoms with van der Waals surface area (Å²) in [6.45, 7) is 4.90. The van der Waals surface area contributed by atoms with Crippen molar-refractivity contribution in [3.8, 4) is 0 Å². The zero-order valence-electron chi connectivity index (χ0n) is 11.3. The first-order valence-corrected chi connectivity index (χ1v) is 6.75. The standard InChI is InChI=1S/C13H29N3/c1-15(2)10-6-11-16(3)12-8-13-7-4-5-9-14-13/h13-14H,4-12H2,1-3H3. The molecule has 1 N–H and O–H groups in total. The maximum absolute atomic E-state index is 3.61. The van der Waals surface area contributed by atoms with Crippen LogP contribution in [0.1, 0.15) is 32.1 Å². The third-order valence-electron chi connectivity index (χ3n) is 3.42. The van der Waals surface area contributed by atoms with Crippen molar-refractivity contribution in [2.24, 2.45) is 0 Å². The molecule has 0 radical (unpaired) electrons. The topological polar surface area (TPSA) is 18.5 Å². The van der Waals surface area contributed by atoms with Crippen LogP contribution in [0.15, 0.2) is 0 Å². The van der Waals surface area contributed by atoms with Crippen molar-refractivity contribution in [3.05, 3.63) is 0 Å². The summed E-state index contributed by atoms with van der Waals surface area (Å²) in [5, 5.41) is 3.61. The summed E-state index contributed by atoms with van der Waals surface area (Å²) in [4.78, 5) is 4.73. The minimum atomic E-state index is 0.782. The Kier molecular flexibility index (Phi) is 7.01. The molecule has 1 unspecified atom stereocenters. The van der Waals surface area contributed by atoms with E-state index in [9.17, 15) is 0 Å². The Morgan fingerprint density at radius 3 is 2.50 bits per heavy atom. The predicted octanol–water partition coefficient (Wildman–Crippen LogP) is 1.40.